The third-order valence-electron chi connectivity index (χ3n) is 5.41. The van der Waals surface area contributed by atoms with E-state index in [-0.39, 0.29) is 23.9 Å². The van der Waals surface area contributed by atoms with Crippen molar-refractivity contribution >= 4 is 11.8 Å². The van der Waals surface area contributed by atoms with Crippen LogP contribution >= 0.6 is 0 Å². The van der Waals surface area contributed by atoms with Crippen LogP contribution in [0.15, 0.2) is 24.3 Å². The first kappa shape index (κ1) is 19.7. The topological polar surface area (TPSA) is 40.6 Å². The van der Waals surface area contributed by atoms with Crippen LogP contribution in [0.2, 0.25) is 0 Å². The molecular weight excluding hydrogens is 357 g/mol. The van der Waals surface area contributed by atoms with E-state index in [0.717, 1.165) is 57.3 Å². The molecule has 7 heteroatoms. The zero-order valence-electron chi connectivity index (χ0n) is 15.3. The predicted octanol–water partition coefficient (Wildman–Crippen LogP) is 3.96. The maximum atomic E-state index is 12.9. The molecular formula is C20H25F3N2O2. The van der Waals surface area contributed by atoms with E-state index in [1.54, 1.807) is 0 Å². The molecule has 4 nitrogen and oxygen atoms in total. The van der Waals surface area contributed by atoms with Crippen LogP contribution in [0.1, 0.15) is 54.4 Å². The minimum Gasteiger partial charge on any atom is -0.342 e. The Kier molecular flexibility index (Phi) is 6.07. The molecule has 0 radical (unpaired) electrons. The van der Waals surface area contributed by atoms with E-state index in [2.05, 4.69) is 0 Å². The largest absolute Gasteiger partial charge is 0.416 e. The molecule has 0 saturated carbocycles. The van der Waals surface area contributed by atoms with Crippen molar-refractivity contribution in [1.82, 2.24) is 9.80 Å². The van der Waals surface area contributed by atoms with Gasteiger partial charge in [0.25, 0.3) is 5.91 Å². The lowest BCUT2D eigenvalue weighted by Gasteiger charge is -2.35. The molecule has 27 heavy (non-hydrogen) atoms. The van der Waals surface area contributed by atoms with Crippen molar-refractivity contribution in [3.8, 4) is 0 Å². The van der Waals surface area contributed by atoms with Crippen LogP contribution in [0, 0.1) is 5.92 Å². The summed E-state index contributed by atoms with van der Waals surface area (Å²) in [5.74, 6) is -0.612. The van der Waals surface area contributed by atoms with E-state index in [0.29, 0.717) is 13.0 Å². The summed E-state index contributed by atoms with van der Waals surface area (Å²) in [6.45, 7) is 2.27. The lowest BCUT2D eigenvalue weighted by molar-refractivity contribution is -0.138. The highest BCUT2D eigenvalue weighted by Gasteiger charge is 2.34. The molecule has 2 saturated heterocycles. The maximum Gasteiger partial charge on any atom is 0.416 e. The molecule has 0 bridgehead atoms. The monoisotopic (exact) mass is 382 g/mol. The molecule has 0 aliphatic carbocycles. The van der Waals surface area contributed by atoms with Gasteiger partial charge >= 0.3 is 6.18 Å². The van der Waals surface area contributed by atoms with Gasteiger partial charge in [0.05, 0.1) is 11.5 Å². The van der Waals surface area contributed by atoms with Gasteiger partial charge in [-0.1, -0.05) is 18.9 Å². The van der Waals surface area contributed by atoms with Gasteiger partial charge in [0.15, 0.2) is 0 Å². The zero-order chi connectivity index (χ0) is 19.4. The van der Waals surface area contributed by atoms with Crippen molar-refractivity contribution in [2.24, 2.45) is 5.92 Å². The molecule has 1 aromatic carbocycles. The van der Waals surface area contributed by atoms with Crippen molar-refractivity contribution in [3.63, 3.8) is 0 Å². The lowest BCUT2D eigenvalue weighted by Crippen LogP contribution is -2.47. The van der Waals surface area contributed by atoms with Crippen LogP contribution in [0.5, 0.6) is 0 Å². The highest BCUT2D eigenvalue weighted by molar-refractivity contribution is 5.95. The van der Waals surface area contributed by atoms with Crippen LogP contribution in [0.4, 0.5) is 13.2 Å². The number of hydrogen-bond acceptors (Lipinski definition) is 2. The van der Waals surface area contributed by atoms with Crippen molar-refractivity contribution in [2.75, 3.05) is 26.2 Å². The fourth-order valence-electron chi connectivity index (χ4n) is 3.92. The average Bonchev–Trinajstić information content (AvgIpc) is 2.96. The molecule has 0 spiro atoms. The van der Waals surface area contributed by atoms with Gasteiger partial charge < -0.3 is 9.80 Å². The van der Waals surface area contributed by atoms with E-state index in [1.165, 1.54) is 17.0 Å². The van der Waals surface area contributed by atoms with Gasteiger partial charge in [0.2, 0.25) is 5.91 Å². The van der Waals surface area contributed by atoms with Crippen molar-refractivity contribution in [1.29, 1.82) is 0 Å². The maximum absolute atomic E-state index is 12.9. The first-order chi connectivity index (χ1) is 12.9. The van der Waals surface area contributed by atoms with Crippen molar-refractivity contribution in [3.05, 3.63) is 35.4 Å². The molecule has 3 rings (SSSR count). The van der Waals surface area contributed by atoms with E-state index in [4.69, 9.17) is 0 Å². The Bertz CT molecular complexity index is 682. The molecule has 2 aliphatic rings. The summed E-state index contributed by atoms with van der Waals surface area (Å²) in [4.78, 5) is 29.0. The first-order valence-electron chi connectivity index (χ1n) is 9.61. The van der Waals surface area contributed by atoms with Gasteiger partial charge in [-0.3, -0.25) is 9.59 Å². The second-order valence-electron chi connectivity index (χ2n) is 7.41. The average molecular weight is 382 g/mol. The van der Waals surface area contributed by atoms with Crippen LogP contribution < -0.4 is 0 Å². The number of alkyl halides is 3. The minimum absolute atomic E-state index is 0.0210. The van der Waals surface area contributed by atoms with Gasteiger partial charge in [0, 0.05) is 31.7 Å². The number of rotatable bonds is 2. The summed E-state index contributed by atoms with van der Waals surface area (Å²) >= 11 is 0. The molecule has 2 amide bonds. The summed E-state index contributed by atoms with van der Waals surface area (Å²) in [5.41, 5.74) is -0.810. The molecule has 0 unspecified atom stereocenters. The molecule has 1 atom stereocenters. The zero-order valence-corrected chi connectivity index (χ0v) is 15.3. The number of benzene rings is 1. The highest BCUT2D eigenvalue weighted by atomic mass is 19.4. The Morgan fingerprint density at radius 1 is 0.926 bits per heavy atom. The number of halogens is 3. The molecule has 0 N–H and O–H groups in total. The van der Waals surface area contributed by atoms with Crippen molar-refractivity contribution < 1.29 is 22.8 Å². The number of piperidine rings is 1. The number of hydrogen-bond donors (Lipinski definition) is 0. The number of amides is 2. The Morgan fingerprint density at radius 3 is 2.26 bits per heavy atom. The van der Waals surface area contributed by atoms with Gasteiger partial charge in [-0.2, -0.15) is 13.2 Å². The van der Waals surface area contributed by atoms with E-state index < -0.39 is 17.6 Å². The van der Waals surface area contributed by atoms with Crippen LogP contribution in [0.3, 0.4) is 0 Å². The Balaban J connectivity index is 1.68. The van der Waals surface area contributed by atoms with E-state index in [1.807, 2.05) is 4.90 Å². The third-order valence-corrected chi connectivity index (χ3v) is 5.41. The van der Waals surface area contributed by atoms with Gasteiger partial charge in [-0.15, -0.1) is 0 Å². The molecule has 2 fully saturated rings. The van der Waals surface area contributed by atoms with E-state index in [9.17, 15) is 22.8 Å². The minimum atomic E-state index is -4.48. The smallest absolute Gasteiger partial charge is 0.342 e. The van der Waals surface area contributed by atoms with Gasteiger partial charge in [-0.25, -0.2) is 0 Å². The molecule has 1 aromatic rings. The van der Waals surface area contributed by atoms with Crippen LogP contribution in [-0.2, 0) is 11.0 Å². The number of nitrogens with zero attached hydrogens (tertiary/aromatic N) is 2. The Morgan fingerprint density at radius 2 is 1.59 bits per heavy atom. The SMILES string of the molecule is O=C(c1cccc(C(F)(F)F)c1)N1CCC[C@H](C(=O)N2CCCCCC2)C1. The third kappa shape index (κ3) is 4.82. The van der Waals surface area contributed by atoms with Crippen molar-refractivity contribution in [2.45, 2.75) is 44.7 Å². The number of likely N-dealkylation sites (tertiary alicyclic amines) is 2. The summed E-state index contributed by atoms with van der Waals surface area (Å²) in [7, 11) is 0. The van der Waals surface area contributed by atoms with E-state index >= 15 is 0 Å². The Labute approximate surface area is 157 Å². The summed E-state index contributed by atoms with van der Waals surface area (Å²) in [5, 5.41) is 0. The second kappa shape index (κ2) is 8.31. The van der Waals surface area contributed by atoms with Gasteiger partial charge in [-0.05, 0) is 43.9 Å². The number of carbonyl (C=O) groups is 2. The molecule has 148 valence electrons. The highest BCUT2D eigenvalue weighted by Crippen LogP contribution is 2.30. The van der Waals surface area contributed by atoms with Crippen LogP contribution in [0.25, 0.3) is 0 Å². The Hall–Kier alpha value is -2.05. The normalized spacial score (nSPS) is 21.7. The summed E-state index contributed by atoms with van der Waals surface area (Å²) in [6, 6.07) is 4.50. The molecule has 0 aromatic heterocycles. The fourth-order valence-corrected chi connectivity index (χ4v) is 3.92. The van der Waals surface area contributed by atoms with Gasteiger partial charge in [0.1, 0.15) is 0 Å². The quantitative estimate of drug-likeness (QED) is 0.777. The predicted molar refractivity (Wildman–Crippen MR) is 95.1 cm³/mol. The second-order valence-corrected chi connectivity index (χ2v) is 7.41. The van der Waals surface area contributed by atoms with Crippen LogP contribution in [-0.4, -0.2) is 47.8 Å². The summed E-state index contributed by atoms with van der Waals surface area (Å²) in [6.07, 6.45) is 1.21. The number of carbonyl (C=O) groups excluding carboxylic acids is 2. The standard InChI is InChI=1S/C20H25F3N2O2/c21-20(22,23)17-9-5-7-15(13-17)18(26)25-12-6-8-16(14-25)19(27)24-10-3-1-2-4-11-24/h5,7,9,13,16H,1-4,6,8,10-12,14H2/t16-/m0/s1. The molecule has 2 heterocycles. The summed E-state index contributed by atoms with van der Waals surface area (Å²) < 4.78 is 38.7. The lowest BCUT2D eigenvalue weighted by atomic mass is 9.95. The fraction of sp³-hybridized carbons (Fsp3) is 0.600. The first-order valence-corrected chi connectivity index (χ1v) is 9.61. The molecule has 2 aliphatic heterocycles.